The molecule has 0 saturated heterocycles. The smallest absolute Gasteiger partial charge is 0.0885 e. The molecule has 1 aliphatic rings. The topological polar surface area (TPSA) is 47.3 Å². The Hall–Kier alpha value is -0.900. The van der Waals surface area contributed by atoms with Crippen molar-refractivity contribution in [3.8, 4) is 0 Å². The summed E-state index contributed by atoms with van der Waals surface area (Å²) < 4.78 is 5.89. The van der Waals surface area contributed by atoms with Crippen LogP contribution in [0.15, 0.2) is 30.3 Å². The summed E-state index contributed by atoms with van der Waals surface area (Å²) in [4.78, 5) is 0. The van der Waals surface area contributed by atoms with Gasteiger partial charge in [-0.3, -0.25) is 11.3 Å². The molecule has 0 aromatic heterocycles. The van der Waals surface area contributed by atoms with E-state index in [2.05, 4.69) is 36.6 Å². The van der Waals surface area contributed by atoms with E-state index in [1.807, 2.05) is 13.2 Å². The molecule has 1 aliphatic carbocycles. The van der Waals surface area contributed by atoms with Crippen molar-refractivity contribution in [1.29, 1.82) is 0 Å². The third-order valence-corrected chi connectivity index (χ3v) is 4.35. The molecule has 1 saturated carbocycles. The minimum atomic E-state index is -0.164. The molecule has 3 heteroatoms. The maximum absolute atomic E-state index is 5.89. The highest BCUT2D eigenvalue weighted by Gasteiger charge is 2.41. The number of hydrogen-bond donors (Lipinski definition) is 2. The van der Waals surface area contributed by atoms with Gasteiger partial charge >= 0.3 is 0 Å². The summed E-state index contributed by atoms with van der Waals surface area (Å²) in [5.74, 6) is 6.60. The Bertz CT molecular complexity index is 358. The van der Waals surface area contributed by atoms with Gasteiger partial charge in [0.2, 0.25) is 0 Å². The average molecular weight is 248 g/mol. The lowest BCUT2D eigenvalue weighted by Gasteiger charge is -2.44. The van der Waals surface area contributed by atoms with Crippen LogP contribution in [0.3, 0.4) is 0 Å². The number of ether oxygens (including phenoxy) is 1. The molecule has 0 amide bonds. The molecule has 0 bridgehead atoms. The highest BCUT2D eigenvalue weighted by Crippen LogP contribution is 2.42. The van der Waals surface area contributed by atoms with Crippen LogP contribution in [0.2, 0.25) is 0 Å². The predicted octanol–water partition coefficient (Wildman–Crippen LogP) is 2.79. The molecule has 3 N–H and O–H groups in total. The van der Waals surface area contributed by atoms with E-state index in [0.29, 0.717) is 0 Å². The van der Waals surface area contributed by atoms with Gasteiger partial charge in [0.05, 0.1) is 11.6 Å². The van der Waals surface area contributed by atoms with Gasteiger partial charge in [0.1, 0.15) is 0 Å². The highest BCUT2D eigenvalue weighted by atomic mass is 16.5. The zero-order valence-corrected chi connectivity index (χ0v) is 11.4. The summed E-state index contributed by atoms with van der Waals surface area (Å²) in [5, 5.41) is 0. The summed E-state index contributed by atoms with van der Waals surface area (Å²) >= 11 is 0. The molecule has 1 unspecified atom stereocenters. The third-order valence-electron chi connectivity index (χ3n) is 4.35. The number of benzene rings is 1. The van der Waals surface area contributed by atoms with E-state index < -0.39 is 0 Å². The van der Waals surface area contributed by atoms with Crippen molar-refractivity contribution in [1.82, 2.24) is 5.43 Å². The lowest BCUT2D eigenvalue weighted by molar-refractivity contribution is -0.0761. The fourth-order valence-electron chi connectivity index (χ4n) is 3.06. The van der Waals surface area contributed by atoms with Crippen molar-refractivity contribution in [2.45, 2.75) is 44.2 Å². The monoisotopic (exact) mass is 248 g/mol. The molecule has 0 aliphatic heterocycles. The molecule has 1 atom stereocenters. The normalized spacial score (nSPS) is 30.1. The second-order valence-electron chi connectivity index (χ2n) is 5.46. The second-order valence-corrected chi connectivity index (χ2v) is 5.46. The Labute approximate surface area is 110 Å². The Kier molecular flexibility index (Phi) is 4.38. The van der Waals surface area contributed by atoms with E-state index >= 15 is 0 Å². The van der Waals surface area contributed by atoms with Gasteiger partial charge in [0, 0.05) is 7.11 Å². The van der Waals surface area contributed by atoms with Crippen LogP contribution in [0, 0.1) is 5.92 Å². The molecule has 2 rings (SSSR count). The zero-order valence-electron chi connectivity index (χ0n) is 11.4. The molecule has 0 spiro atoms. The first-order valence-electron chi connectivity index (χ1n) is 6.78. The number of hydrazine groups is 1. The molecule has 1 aromatic rings. The van der Waals surface area contributed by atoms with Gasteiger partial charge in [-0.15, -0.1) is 0 Å². The lowest BCUT2D eigenvalue weighted by atomic mass is 9.73. The lowest BCUT2D eigenvalue weighted by Crippen LogP contribution is -2.49. The number of nitrogens with two attached hydrogens (primary N) is 1. The van der Waals surface area contributed by atoms with E-state index in [-0.39, 0.29) is 11.6 Å². The fraction of sp³-hybridized carbons (Fsp3) is 0.600. The van der Waals surface area contributed by atoms with Gasteiger partial charge < -0.3 is 4.74 Å². The van der Waals surface area contributed by atoms with Crippen molar-refractivity contribution in [2.75, 3.05) is 7.11 Å². The van der Waals surface area contributed by atoms with Crippen LogP contribution in [0.5, 0.6) is 0 Å². The summed E-state index contributed by atoms with van der Waals surface area (Å²) in [6, 6.07) is 10.4. The van der Waals surface area contributed by atoms with Crippen molar-refractivity contribution >= 4 is 0 Å². The van der Waals surface area contributed by atoms with Gasteiger partial charge in [0.25, 0.3) is 0 Å². The minimum absolute atomic E-state index is 0.0659. The van der Waals surface area contributed by atoms with Crippen molar-refractivity contribution < 1.29 is 4.74 Å². The minimum Gasteiger partial charge on any atom is -0.376 e. The standard InChI is InChI=1S/C15H24N2O/c1-12-8-10-15(18-2,11-9-12)14(17-16)13-6-4-3-5-7-13/h3-7,12,14,17H,8-11,16H2,1-2H3. The van der Waals surface area contributed by atoms with E-state index in [1.54, 1.807) is 0 Å². The largest absolute Gasteiger partial charge is 0.376 e. The second kappa shape index (κ2) is 5.83. The Balaban J connectivity index is 2.24. The molecule has 0 heterocycles. The van der Waals surface area contributed by atoms with Gasteiger partial charge in [-0.1, -0.05) is 37.3 Å². The number of rotatable bonds is 4. The molecular weight excluding hydrogens is 224 g/mol. The quantitative estimate of drug-likeness (QED) is 0.636. The predicted molar refractivity (Wildman–Crippen MR) is 73.9 cm³/mol. The van der Waals surface area contributed by atoms with Gasteiger partial charge in [0.15, 0.2) is 0 Å². The van der Waals surface area contributed by atoms with E-state index in [1.165, 1.54) is 18.4 Å². The zero-order chi connectivity index (χ0) is 13.0. The third kappa shape index (κ3) is 2.58. The highest BCUT2D eigenvalue weighted by molar-refractivity contribution is 5.22. The Morgan fingerprint density at radius 3 is 2.39 bits per heavy atom. The number of methoxy groups -OCH3 is 1. The fourth-order valence-corrected chi connectivity index (χ4v) is 3.06. The van der Waals surface area contributed by atoms with Crippen LogP contribution in [0.1, 0.15) is 44.2 Å². The van der Waals surface area contributed by atoms with E-state index in [4.69, 9.17) is 10.6 Å². The molecule has 0 radical (unpaired) electrons. The number of hydrogen-bond acceptors (Lipinski definition) is 3. The molecular formula is C15H24N2O. The summed E-state index contributed by atoms with van der Waals surface area (Å²) in [6.45, 7) is 2.31. The van der Waals surface area contributed by atoms with Crippen LogP contribution in [-0.4, -0.2) is 12.7 Å². The first-order valence-corrected chi connectivity index (χ1v) is 6.78. The number of nitrogens with one attached hydrogen (secondary N) is 1. The van der Waals surface area contributed by atoms with Crippen LogP contribution >= 0.6 is 0 Å². The maximum atomic E-state index is 5.89. The van der Waals surface area contributed by atoms with Crippen molar-refractivity contribution in [3.05, 3.63) is 35.9 Å². The maximum Gasteiger partial charge on any atom is 0.0885 e. The Morgan fingerprint density at radius 1 is 1.28 bits per heavy atom. The summed E-state index contributed by atoms with van der Waals surface area (Å²) in [5.41, 5.74) is 4.01. The van der Waals surface area contributed by atoms with E-state index in [9.17, 15) is 0 Å². The Morgan fingerprint density at radius 2 is 1.89 bits per heavy atom. The van der Waals surface area contributed by atoms with Gasteiger partial charge in [-0.25, -0.2) is 0 Å². The molecule has 18 heavy (non-hydrogen) atoms. The van der Waals surface area contributed by atoms with Crippen LogP contribution in [0.4, 0.5) is 0 Å². The molecule has 3 nitrogen and oxygen atoms in total. The average Bonchev–Trinajstić information content (AvgIpc) is 2.43. The molecule has 100 valence electrons. The van der Waals surface area contributed by atoms with Crippen LogP contribution in [-0.2, 0) is 4.74 Å². The van der Waals surface area contributed by atoms with Crippen molar-refractivity contribution in [3.63, 3.8) is 0 Å². The SMILES string of the molecule is COC1(C(NN)c2ccccc2)CCC(C)CC1. The van der Waals surface area contributed by atoms with Crippen LogP contribution < -0.4 is 11.3 Å². The van der Waals surface area contributed by atoms with E-state index in [0.717, 1.165) is 18.8 Å². The summed E-state index contributed by atoms with van der Waals surface area (Å²) in [6.07, 6.45) is 4.54. The summed E-state index contributed by atoms with van der Waals surface area (Å²) in [7, 11) is 1.81. The molecule has 1 fully saturated rings. The first kappa shape index (κ1) is 13.5. The van der Waals surface area contributed by atoms with Crippen molar-refractivity contribution in [2.24, 2.45) is 11.8 Å². The molecule has 1 aromatic carbocycles. The van der Waals surface area contributed by atoms with Gasteiger partial charge in [-0.05, 0) is 37.2 Å². The van der Waals surface area contributed by atoms with Crippen LogP contribution in [0.25, 0.3) is 0 Å². The first-order chi connectivity index (χ1) is 8.72. The van der Waals surface area contributed by atoms with Gasteiger partial charge in [-0.2, -0.15) is 0 Å².